The van der Waals surface area contributed by atoms with Crippen molar-refractivity contribution in [2.45, 2.75) is 142 Å². The maximum absolute atomic E-state index is 12.8. The van der Waals surface area contributed by atoms with Crippen LogP contribution < -0.4 is 18.9 Å². The lowest BCUT2D eigenvalue weighted by Crippen LogP contribution is -2.39. The van der Waals surface area contributed by atoms with Crippen molar-refractivity contribution < 1.29 is 71.4 Å². The van der Waals surface area contributed by atoms with Crippen molar-refractivity contribution in [1.82, 2.24) is 0 Å². The highest BCUT2D eigenvalue weighted by Crippen LogP contribution is 2.31. The molecule has 0 unspecified atom stereocenters. The molecule has 0 fully saturated rings. The minimum Gasteiger partial charge on any atom is -0.494 e. The average molecular weight is 1180 g/mol. The maximum atomic E-state index is 12.8. The molecule has 0 saturated carbocycles. The summed E-state index contributed by atoms with van der Waals surface area (Å²) >= 11 is 0. The molecule has 0 saturated heterocycles. The van der Waals surface area contributed by atoms with E-state index in [1.165, 1.54) is 72.0 Å². The predicted molar refractivity (Wildman–Crippen MR) is 335 cm³/mol. The molecular weight excluding hydrogens is 1090 g/mol. The van der Waals surface area contributed by atoms with Crippen LogP contribution in [0.1, 0.15) is 172 Å². The Bertz CT molecular complexity index is 2790. The minimum absolute atomic E-state index is 0.218. The van der Waals surface area contributed by atoms with Gasteiger partial charge in [0.2, 0.25) is 5.78 Å². The van der Waals surface area contributed by atoms with Crippen molar-refractivity contribution >= 4 is 35.6 Å². The van der Waals surface area contributed by atoms with Crippen LogP contribution in [0.15, 0.2) is 165 Å². The molecule has 5 aromatic rings. The predicted octanol–water partition coefficient (Wildman–Crippen LogP) is 15.8. The van der Waals surface area contributed by atoms with Gasteiger partial charge < -0.3 is 42.6 Å². The highest BCUT2D eigenvalue weighted by molar-refractivity contribution is 6.02. The number of Topliss-reactive ketones (excluding diaryl/α,β-unsaturated/α-hetero) is 1. The van der Waals surface area contributed by atoms with Gasteiger partial charge >= 0.3 is 29.8 Å². The second-order valence-electron chi connectivity index (χ2n) is 20.2. The van der Waals surface area contributed by atoms with Gasteiger partial charge in [-0.05, 0) is 144 Å². The Hall–Kier alpha value is -8.14. The second kappa shape index (κ2) is 43.5. The van der Waals surface area contributed by atoms with Crippen LogP contribution >= 0.6 is 0 Å². The summed E-state index contributed by atoms with van der Waals surface area (Å²) < 4.78 is 48.4. The first-order valence-corrected chi connectivity index (χ1v) is 29.9. The van der Waals surface area contributed by atoms with Crippen LogP contribution in [-0.2, 0) is 43.9 Å². The molecule has 0 heterocycles. The number of hydrogen-bond acceptors (Lipinski definition) is 15. The number of methoxy groups -OCH3 is 2. The molecule has 464 valence electrons. The summed E-state index contributed by atoms with van der Waals surface area (Å²) in [4.78, 5) is 71.3. The molecule has 15 heteroatoms. The Morgan fingerprint density at radius 2 is 0.849 bits per heavy atom. The molecule has 0 spiro atoms. The first-order chi connectivity index (χ1) is 41.7. The Labute approximate surface area is 510 Å². The summed E-state index contributed by atoms with van der Waals surface area (Å²) in [5, 5.41) is 0. The number of aryl methyl sites for hydroxylation is 1. The number of rotatable bonds is 39. The summed E-state index contributed by atoms with van der Waals surface area (Å²) in [7, 11) is 2.94. The first-order valence-electron chi connectivity index (χ1n) is 29.9. The van der Waals surface area contributed by atoms with E-state index in [9.17, 15) is 28.8 Å². The zero-order valence-electron chi connectivity index (χ0n) is 51.3. The van der Waals surface area contributed by atoms with Crippen LogP contribution in [0.5, 0.6) is 23.0 Å². The van der Waals surface area contributed by atoms with Gasteiger partial charge in [-0.15, -0.1) is 0 Å². The van der Waals surface area contributed by atoms with E-state index in [0.29, 0.717) is 89.4 Å². The Balaban J connectivity index is 0.000000424. The zero-order chi connectivity index (χ0) is 62.6. The SMILES string of the molecule is C=C(C)C(=O)OCCCCCCCCCCCC.C=CC(=O)OCCCCCCOc1ccc(C(=O)Oc2ccc(OC(=O)c3ccc(OCCCCCCOC(=O)C=C)cc3)c(C)c2)cc1.COC(OC)(C(=O)c1ccccc1)c1ccccc1. The molecule has 15 nitrogen and oxygen atoms in total. The Kier molecular flexibility index (Phi) is 36.5. The molecule has 0 N–H and O–H groups in total. The van der Waals surface area contributed by atoms with E-state index in [2.05, 4.69) is 26.7 Å². The molecular formula is C71H90O15. The third-order valence-corrected chi connectivity index (χ3v) is 13.3. The number of carbonyl (C=O) groups excluding carboxylic acids is 6. The van der Waals surface area contributed by atoms with Crippen molar-refractivity contribution in [3.63, 3.8) is 0 Å². The summed E-state index contributed by atoms with van der Waals surface area (Å²) in [6.07, 6.45) is 22.3. The van der Waals surface area contributed by atoms with E-state index in [1.54, 1.807) is 92.7 Å². The highest BCUT2D eigenvalue weighted by Gasteiger charge is 2.41. The van der Waals surface area contributed by atoms with Gasteiger partial charge in [0.25, 0.3) is 5.79 Å². The van der Waals surface area contributed by atoms with Gasteiger partial charge in [0.15, 0.2) is 0 Å². The zero-order valence-corrected chi connectivity index (χ0v) is 51.3. The van der Waals surface area contributed by atoms with Crippen molar-refractivity contribution in [1.29, 1.82) is 0 Å². The van der Waals surface area contributed by atoms with Crippen LogP contribution in [0, 0.1) is 6.92 Å². The van der Waals surface area contributed by atoms with Crippen LogP contribution in [0.2, 0.25) is 0 Å². The summed E-state index contributed by atoms with van der Waals surface area (Å²) in [5.41, 5.74) is 3.07. The number of unbranched alkanes of at least 4 members (excludes halogenated alkanes) is 15. The third-order valence-electron chi connectivity index (χ3n) is 13.3. The standard InChI is InChI=1S/C39H44O10.C16H16O3.C16H30O2/c1-4-36(40)46-26-12-8-6-10-24-44-32-18-14-30(15-19-32)38(42)48-34-22-23-35(29(3)28-34)49-39(43)31-16-20-33(21-17-31)45-25-11-7-9-13-27-47-37(41)5-2;1-18-16(19-2,14-11-7-4-8-12-14)15(17)13-9-5-3-6-10-13;1-4-5-6-7-8-9-10-11-12-13-14-18-16(17)15(2)3/h4-5,14-23,28H,1-2,6-13,24-27H2,3H3;3-12H,1-2H3;2,4-14H2,1,3H3. The van der Waals surface area contributed by atoms with Crippen molar-refractivity contribution in [2.75, 3.05) is 47.3 Å². The number of ketones is 1. The van der Waals surface area contributed by atoms with Gasteiger partial charge in [0.05, 0.1) is 44.2 Å². The van der Waals surface area contributed by atoms with Crippen LogP contribution in [-0.4, -0.2) is 82.9 Å². The molecule has 86 heavy (non-hydrogen) atoms. The summed E-state index contributed by atoms with van der Waals surface area (Å²) in [6, 6.07) is 36.4. The van der Waals surface area contributed by atoms with E-state index < -0.39 is 29.7 Å². The molecule has 0 aromatic heterocycles. The fourth-order valence-electron chi connectivity index (χ4n) is 8.41. The number of esters is 5. The van der Waals surface area contributed by atoms with E-state index in [0.717, 1.165) is 69.9 Å². The summed E-state index contributed by atoms with van der Waals surface area (Å²) in [6.45, 7) is 18.3. The Morgan fingerprint density at radius 1 is 0.453 bits per heavy atom. The molecule has 0 aliphatic heterocycles. The molecule has 5 aromatic carbocycles. The fraction of sp³-hybridized carbons (Fsp3) is 0.408. The lowest BCUT2D eigenvalue weighted by Gasteiger charge is -2.29. The quantitative estimate of drug-likeness (QED) is 0.00687. The van der Waals surface area contributed by atoms with Crippen LogP contribution in [0.4, 0.5) is 0 Å². The lowest BCUT2D eigenvalue weighted by atomic mass is 9.96. The number of ether oxygens (including phenoxy) is 9. The van der Waals surface area contributed by atoms with Gasteiger partial charge in [-0.3, -0.25) is 4.79 Å². The van der Waals surface area contributed by atoms with Crippen LogP contribution in [0.25, 0.3) is 0 Å². The lowest BCUT2D eigenvalue weighted by molar-refractivity contribution is -0.176. The van der Waals surface area contributed by atoms with E-state index in [1.807, 2.05) is 48.5 Å². The largest absolute Gasteiger partial charge is 0.494 e. The molecule has 5 rings (SSSR count). The molecule has 0 atom stereocenters. The van der Waals surface area contributed by atoms with Crippen molar-refractivity contribution in [3.05, 3.63) is 193 Å². The van der Waals surface area contributed by atoms with Gasteiger partial charge in [-0.25, -0.2) is 24.0 Å². The summed E-state index contributed by atoms with van der Waals surface area (Å²) in [5.74, 6) is -1.77. The van der Waals surface area contributed by atoms with Gasteiger partial charge in [0, 0.05) is 43.1 Å². The van der Waals surface area contributed by atoms with E-state index >= 15 is 0 Å². The number of hydrogen-bond donors (Lipinski definition) is 0. The third kappa shape index (κ3) is 28.6. The van der Waals surface area contributed by atoms with Gasteiger partial charge in [0.1, 0.15) is 23.0 Å². The Morgan fingerprint density at radius 3 is 1.27 bits per heavy atom. The van der Waals surface area contributed by atoms with Gasteiger partial charge in [-0.2, -0.15) is 0 Å². The molecule has 0 aliphatic carbocycles. The van der Waals surface area contributed by atoms with Crippen LogP contribution in [0.3, 0.4) is 0 Å². The normalized spacial score (nSPS) is 10.6. The smallest absolute Gasteiger partial charge is 0.343 e. The second-order valence-corrected chi connectivity index (χ2v) is 20.2. The molecule has 0 amide bonds. The molecule has 0 bridgehead atoms. The van der Waals surface area contributed by atoms with Gasteiger partial charge in [-0.1, -0.05) is 145 Å². The monoisotopic (exact) mass is 1180 g/mol. The molecule has 0 aliphatic rings. The van der Waals surface area contributed by atoms with E-state index in [4.69, 9.17) is 42.6 Å². The number of carbonyl (C=O) groups is 6. The fourth-order valence-corrected chi connectivity index (χ4v) is 8.41. The topological polar surface area (TPSA) is 185 Å². The van der Waals surface area contributed by atoms with Crippen molar-refractivity contribution in [3.8, 4) is 23.0 Å². The average Bonchev–Trinajstić information content (AvgIpc) is 2.14. The van der Waals surface area contributed by atoms with Crippen molar-refractivity contribution in [2.24, 2.45) is 0 Å². The molecule has 0 radical (unpaired) electrons. The first kappa shape index (κ1) is 72.1. The van der Waals surface area contributed by atoms with E-state index in [-0.39, 0.29) is 11.8 Å². The maximum Gasteiger partial charge on any atom is 0.343 e. The number of benzene rings is 5. The highest BCUT2D eigenvalue weighted by atomic mass is 16.7. The minimum atomic E-state index is -1.40.